The van der Waals surface area contributed by atoms with E-state index in [1.165, 1.54) is 6.08 Å². The molecular formula is C19H22O4. The molecule has 0 saturated heterocycles. The van der Waals surface area contributed by atoms with Gasteiger partial charge in [0.05, 0.1) is 6.10 Å². The van der Waals surface area contributed by atoms with Crippen molar-refractivity contribution in [2.45, 2.75) is 31.5 Å². The van der Waals surface area contributed by atoms with Gasteiger partial charge in [0.1, 0.15) is 6.10 Å². The minimum absolute atomic E-state index is 0.0252. The van der Waals surface area contributed by atoms with Crippen LogP contribution in [0, 0.1) is 0 Å². The topological polar surface area (TPSA) is 63.6 Å². The Morgan fingerprint density at radius 2 is 1.91 bits per heavy atom. The molecule has 0 unspecified atom stereocenters. The van der Waals surface area contributed by atoms with Gasteiger partial charge in [-0.2, -0.15) is 0 Å². The summed E-state index contributed by atoms with van der Waals surface area (Å²) in [6.07, 6.45) is 4.97. The molecule has 0 amide bonds. The average Bonchev–Trinajstić information content (AvgIpc) is 2.53. The fourth-order valence-electron chi connectivity index (χ4n) is 2.03. The first-order valence-electron chi connectivity index (χ1n) is 7.43. The maximum atomic E-state index is 11.9. The molecule has 0 saturated carbocycles. The highest BCUT2D eigenvalue weighted by atomic mass is 16.5. The van der Waals surface area contributed by atoms with Crippen molar-refractivity contribution < 1.29 is 19.4 Å². The Hall–Kier alpha value is -2.46. The van der Waals surface area contributed by atoms with Crippen molar-refractivity contribution in [3.05, 3.63) is 67.3 Å². The highest BCUT2D eigenvalue weighted by molar-refractivity contribution is 5.93. The zero-order valence-electron chi connectivity index (χ0n) is 13.1. The maximum Gasteiger partial charge on any atom is 0.330 e. The molecule has 1 aromatic carbocycles. The van der Waals surface area contributed by atoms with Crippen LogP contribution >= 0.6 is 0 Å². The number of carbonyl (C=O) groups excluding carboxylic acids is 2. The van der Waals surface area contributed by atoms with Crippen molar-refractivity contribution in [3.8, 4) is 0 Å². The fourth-order valence-corrected chi connectivity index (χ4v) is 2.03. The van der Waals surface area contributed by atoms with Gasteiger partial charge in [0, 0.05) is 25.3 Å². The number of esters is 1. The molecule has 0 aliphatic heterocycles. The number of benzene rings is 1. The SMILES string of the molecule is C=CC[C@H](C[C@H](O)CC(=O)/C=C/c1ccccc1)OC(=O)C=C. The third-order valence-corrected chi connectivity index (χ3v) is 3.11. The second-order valence-electron chi connectivity index (χ2n) is 5.09. The normalized spacial score (nSPS) is 13.3. The smallest absolute Gasteiger partial charge is 0.330 e. The molecule has 0 aromatic heterocycles. The first-order valence-corrected chi connectivity index (χ1v) is 7.43. The van der Waals surface area contributed by atoms with E-state index in [1.807, 2.05) is 30.3 Å². The zero-order valence-corrected chi connectivity index (χ0v) is 13.1. The van der Waals surface area contributed by atoms with Gasteiger partial charge in [-0.05, 0) is 11.6 Å². The minimum Gasteiger partial charge on any atom is -0.459 e. The second kappa shape index (κ2) is 10.3. The molecule has 122 valence electrons. The molecule has 1 rings (SSSR count). The van der Waals surface area contributed by atoms with E-state index in [-0.39, 0.29) is 18.6 Å². The van der Waals surface area contributed by atoms with Gasteiger partial charge in [0.2, 0.25) is 0 Å². The molecule has 1 aromatic rings. The van der Waals surface area contributed by atoms with Gasteiger partial charge in [-0.25, -0.2) is 4.79 Å². The standard InChI is InChI=1S/C19H22O4/c1-3-8-18(23-19(22)4-2)14-17(21)13-16(20)12-11-15-9-6-5-7-10-15/h3-7,9-12,17-18,21H,1-2,8,13-14H2/b12-11+/t17-,18-/m1/s1. The Balaban J connectivity index is 2.49. The summed E-state index contributed by atoms with van der Waals surface area (Å²) in [4.78, 5) is 23.1. The van der Waals surface area contributed by atoms with Crippen LogP contribution in [0.5, 0.6) is 0 Å². The largest absolute Gasteiger partial charge is 0.459 e. The summed E-state index contributed by atoms with van der Waals surface area (Å²) in [5.41, 5.74) is 0.916. The molecule has 0 heterocycles. The Labute approximate surface area is 136 Å². The van der Waals surface area contributed by atoms with Crippen molar-refractivity contribution in [1.82, 2.24) is 0 Å². The Morgan fingerprint density at radius 3 is 2.52 bits per heavy atom. The van der Waals surface area contributed by atoms with E-state index < -0.39 is 18.2 Å². The number of ketones is 1. The molecule has 0 radical (unpaired) electrons. The minimum atomic E-state index is -0.884. The van der Waals surface area contributed by atoms with Gasteiger partial charge in [-0.3, -0.25) is 4.79 Å². The van der Waals surface area contributed by atoms with E-state index in [1.54, 1.807) is 12.2 Å². The molecular weight excluding hydrogens is 292 g/mol. The Morgan fingerprint density at radius 1 is 1.22 bits per heavy atom. The van der Waals surface area contributed by atoms with Crippen molar-refractivity contribution in [3.63, 3.8) is 0 Å². The first kappa shape index (κ1) is 18.6. The number of aliphatic hydroxyl groups excluding tert-OH is 1. The van der Waals surface area contributed by atoms with Crippen LogP contribution in [0.25, 0.3) is 6.08 Å². The van der Waals surface area contributed by atoms with Crippen LogP contribution in [0.2, 0.25) is 0 Å². The molecule has 2 atom stereocenters. The predicted molar refractivity (Wildman–Crippen MR) is 90.6 cm³/mol. The summed E-state index contributed by atoms with van der Waals surface area (Å²) in [5.74, 6) is -0.742. The summed E-state index contributed by atoms with van der Waals surface area (Å²) in [7, 11) is 0. The Kier molecular flexibility index (Phi) is 8.32. The van der Waals surface area contributed by atoms with Crippen LogP contribution < -0.4 is 0 Å². The molecule has 23 heavy (non-hydrogen) atoms. The van der Waals surface area contributed by atoms with Gasteiger partial charge in [-0.15, -0.1) is 6.58 Å². The van der Waals surface area contributed by atoms with E-state index >= 15 is 0 Å². The molecule has 0 aliphatic carbocycles. The lowest BCUT2D eigenvalue weighted by Crippen LogP contribution is -2.24. The van der Waals surface area contributed by atoms with Gasteiger partial charge >= 0.3 is 5.97 Å². The van der Waals surface area contributed by atoms with Gasteiger partial charge < -0.3 is 9.84 Å². The lowest BCUT2D eigenvalue weighted by atomic mass is 10.0. The predicted octanol–water partition coefficient (Wildman–Crippen LogP) is 3.08. The monoisotopic (exact) mass is 314 g/mol. The van der Waals surface area contributed by atoms with E-state index in [9.17, 15) is 14.7 Å². The third-order valence-electron chi connectivity index (χ3n) is 3.11. The third kappa shape index (κ3) is 7.93. The fraction of sp³-hybridized carbons (Fsp3) is 0.263. The van der Waals surface area contributed by atoms with E-state index in [4.69, 9.17) is 4.74 Å². The van der Waals surface area contributed by atoms with Crippen LogP contribution in [0.3, 0.4) is 0 Å². The van der Waals surface area contributed by atoms with Gasteiger partial charge in [0.15, 0.2) is 5.78 Å². The van der Waals surface area contributed by atoms with Crippen LogP contribution in [0.1, 0.15) is 24.8 Å². The summed E-state index contributed by atoms with van der Waals surface area (Å²) < 4.78 is 5.10. The summed E-state index contributed by atoms with van der Waals surface area (Å²) >= 11 is 0. The number of ether oxygens (including phenoxy) is 1. The van der Waals surface area contributed by atoms with E-state index in [0.717, 1.165) is 11.6 Å². The molecule has 4 nitrogen and oxygen atoms in total. The molecule has 1 N–H and O–H groups in total. The number of hydrogen-bond donors (Lipinski definition) is 1. The van der Waals surface area contributed by atoms with Crippen molar-refractivity contribution in [1.29, 1.82) is 0 Å². The van der Waals surface area contributed by atoms with Crippen LogP contribution in [-0.4, -0.2) is 29.1 Å². The van der Waals surface area contributed by atoms with E-state index in [0.29, 0.717) is 6.42 Å². The van der Waals surface area contributed by atoms with Crippen LogP contribution in [-0.2, 0) is 14.3 Å². The number of carbonyl (C=O) groups is 2. The number of hydrogen-bond acceptors (Lipinski definition) is 4. The summed E-state index contributed by atoms with van der Waals surface area (Å²) in [5, 5.41) is 9.99. The van der Waals surface area contributed by atoms with Crippen LogP contribution in [0.15, 0.2) is 61.7 Å². The highest BCUT2D eigenvalue weighted by Gasteiger charge is 2.18. The molecule has 0 spiro atoms. The summed E-state index contributed by atoms with van der Waals surface area (Å²) in [6, 6.07) is 9.43. The lowest BCUT2D eigenvalue weighted by Gasteiger charge is -2.18. The average molecular weight is 314 g/mol. The number of aliphatic hydroxyl groups is 1. The van der Waals surface area contributed by atoms with Crippen molar-refractivity contribution >= 4 is 17.8 Å². The number of rotatable bonds is 10. The van der Waals surface area contributed by atoms with E-state index in [2.05, 4.69) is 13.2 Å². The Bertz CT molecular complexity index is 560. The quantitative estimate of drug-likeness (QED) is 0.409. The van der Waals surface area contributed by atoms with Gasteiger partial charge in [-0.1, -0.05) is 49.1 Å². The first-order chi connectivity index (χ1) is 11.0. The lowest BCUT2D eigenvalue weighted by molar-refractivity contribution is -0.144. The highest BCUT2D eigenvalue weighted by Crippen LogP contribution is 2.12. The molecule has 0 bridgehead atoms. The zero-order chi connectivity index (χ0) is 17.1. The van der Waals surface area contributed by atoms with Crippen molar-refractivity contribution in [2.24, 2.45) is 0 Å². The summed E-state index contributed by atoms with van der Waals surface area (Å²) in [6.45, 7) is 6.92. The second-order valence-corrected chi connectivity index (χ2v) is 5.09. The van der Waals surface area contributed by atoms with Crippen molar-refractivity contribution in [2.75, 3.05) is 0 Å². The van der Waals surface area contributed by atoms with Crippen LogP contribution in [0.4, 0.5) is 0 Å². The maximum absolute atomic E-state index is 11.9. The number of allylic oxidation sites excluding steroid dienone is 1. The van der Waals surface area contributed by atoms with Gasteiger partial charge in [0.25, 0.3) is 0 Å². The molecule has 0 fully saturated rings. The molecule has 0 aliphatic rings. The molecule has 4 heteroatoms.